The summed E-state index contributed by atoms with van der Waals surface area (Å²) in [5.74, 6) is -0.983. The Kier molecular flexibility index (Phi) is 4.26. The predicted octanol–water partition coefficient (Wildman–Crippen LogP) is 4.10. The summed E-state index contributed by atoms with van der Waals surface area (Å²) in [5.41, 5.74) is 2.44. The summed E-state index contributed by atoms with van der Waals surface area (Å²) in [6.07, 6.45) is 5.00. The molecular weight excluding hydrogens is 362 g/mol. The highest BCUT2D eigenvalue weighted by Gasteiger charge is 2.47. The van der Waals surface area contributed by atoms with E-state index in [4.69, 9.17) is 0 Å². The molecule has 1 heterocycles. The first-order valence-corrected chi connectivity index (χ1v) is 10.7. The van der Waals surface area contributed by atoms with Gasteiger partial charge >= 0.3 is 5.97 Å². The Morgan fingerprint density at radius 1 is 1.04 bits per heavy atom. The van der Waals surface area contributed by atoms with Gasteiger partial charge in [0.1, 0.15) is 0 Å². The van der Waals surface area contributed by atoms with Gasteiger partial charge in [-0.25, -0.2) is 13.2 Å². The van der Waals surface area contributed by atoms with Crippen LogP contribution < -0.4 is 4.31 Å². The number of hydrogen-bond acceptors (Lipinski definition) is 3. The summed E-state index contributed by atoms with van der Waals surface area (Å²) in [6.45, 7) is 2.31. The van der Waals surface area contributed by atoms with Crippen LogP contribution in [0, 0.1) is 6.92 Å². The van der Waals surface area contributed by atoms with Crippen molar-refractivity contribution < 1.29 is 18.3 Å². The number of hydrogen-bond donors (Lipinski definition) is 1. The third-order valence-electron chi connectivity index (χ3n) is 5.95. The molecule has 1 spiro atoms. The van der Waals surface area contributed by atoms with Crippen LogP contribution in [0.4, 0.5) is 5.69 Å². The van der Waals surface area contributed by atoms with Gasteiger partial charge in [-0.05, 0) is 55.7 Å². The van der Waals surface area contributed by atoms with Crippen LogP contribution in [0.1, 0.15) is 53.6 Å². The Balaban J connectivity index is 1.84. The number of rotatable bonds is 3. The van der Waals surface area contributed by atoms with Crippen LogP contribution in [0.15, 0.2) is 47.4 Å². The van der Waals surface area contributed by atoms with Crippen LogP contribution in [0.2, 0.25) is 0 Å². The SMILES string of the molecule is Cc1ccc(S(=O)(=O)N2CC3(CCCCC3)c3cc(C(=O)O)ccc32)cc1. The summed E-state index contributed by atoms with van der Waals surface area (Å²) in [6, 6.07) is 11.7. The van der Waals surface area contributed by atoms with Crippen LogP contribution in [0.3, 0.4) is 0 Å². The second-order valence-corrected chi connectivity index (χ2v) is 9.57. The number of carbonyl (C=O) groups is 1. The molecule has 1 N–H and O–H groups in total. The van der Waals surface area contributed by atoms with E-state index in [1.165, 1.54) is 10.4 Å². The average Bonchev–Trinajstić information content (AvgIpc) is 2.97. The van der Waals surface area contributed by atoms with Gasteiger partial charge < -0.3 is 5.11 Å². The molecule has 1 aliphatic heterocycles. The third-order valence-corrected chi connectivity index (χ3v) is 7.72. The van der Waals surface area contributed by atoms with E-state index in [-0.39, 0.29) is 15.9 Å². The molecule has 1 aliphatic carbocycles. The van der Waals surface area contributed by atoms with Crippen molar-refractivity contribution in [3.05, 3.63) is 59.2 Å². The van der Waals surface area contributed by atoms with Gasteiger partial charge in [0.15, 0.2) is 0 Å². The quantitative estimate of drug-likeness (QED) is 0.863. The molecule has 1 fully saturated rings. The van der Waals surface area contributed by atoms with Gasteiger partial charge in [0.25, 0.3) is 10.0 Å². The predicted molar refractivity (Wildman–Crippen MR) is 104 cm³/mol. The second-order valence-electron chi connectivity index (χ2n) is 7.70. The number of nitrogens with zero attached hydrogens (tertiary/aromatic N) is 1. The van der Waals surface area contributed by atoms with E-state index in [0.29, 0.717) is 12.2 Å². The normalized spacial score (nSPS) is 18.5. The van der Waals surface area contributed by atoms with Crippen molar-refractivity contribution in [1.82, 2.24) is 0 Å². The number of anilines is 1. The lowest BCUT2D eigenvalue weighted by molar-refractivity contribution is 0.0696. The van der Waals surface area contributed by atoms with Crippen molar-refractivity contribution in [3.8, 4) is 0 Å². The number of benzene rings is 2. The summed E-state index contributed by atoms with van der Waals surface area (Å²) in [5, 5.41) is 9.40. The number of carboxylic acids is 1. The van der Waals surface area contributed by atoms with E-state index in [1.54, 1.807) is 36.4 Å². The van der Waals surface area contributed by atoms with E-state index in [2.05, 4.69) is 0 Å². The number of sulfonamides is 1. The van der Waals surface area contributed by atoms with Crippen LogP contribution >= 0.6 is 0 Å². The maximum Gasteiger partial charge on any atom is 0.335 e. The Morgan fingerprint density at radius 2 is 1.70 bits per heavy atom. The summed E-state index contributed by atoms with van der Waals surface area (Å²) < 4.78 is 28.2. The van der Waals surface area contributed by atoms with Gasteiger partial charge in [-0.1, -0.05) is 37.0 Å². The smallest absolute Gasteiger partial charge is 0.335 e. The molecular formula is C21H23NO4S. The number of carboxylic acid groups (broad SMARTS) is 1. The lowest BCUT2D eigenvalue weighted by Gasteiger charge is -2.34. The largest absolute Gasteiger partial charge is 0.478 e. The summed E-state index contributed by atoms with van der Waals surface area (Å²) in [4.78, 5) is 11.7. The van der Waals surface area contributed by atoms with Crippen molar-refractivity contribution in [3.63, 3.8) is 0 Å². The highest BCUT2D eigenvalue weighted by Crippen LogP contribution is 2.51. The molecule has 2 aromatic carbocycles. The van der Waals surface area contributed by atoms with Crippen LogP contribution in [0.5, 0.6) is 0 Å². The summed E-state index contributed by atoms with van der Waals surface area (Å²) >= 11 is 0. The van der Waals surface area contributed by atoms with Crippen LogP contribution in [-0.4, -0.2) is 26.0 Å². The first-order valence-electron chi connectivity index (χ1n) is 9.31. The van der Waals surface area contributed by atoms with Crippen LogP contribution in [-0.2, 0) is 15.4 Å². The fourth-order valence-electron chi connectivity index (χ4n) is 4.46. The molecule has 0 bridgehead atoms. The Bertz CT molecular complexity index is 989. The Labute approximate surface area is 159 Å². The second kappa shape index (κ2) is 6.37. The van der Waals surface area contributed by atoms with Gasteiger partial charge in [-0.3, -0.25) is 4.31 Å². The van der Waals surface area contributed by atoms with Crippen molar-refractivity contribution in [1.29, 1.82) is 0 Å². The molecule has 2 aliphatic rings. The lowest BCUT2D eigenvalue weighted by atomic mass is 9.70. The minimum Gasteiger partial charge on any atom is -0.478 e. The molecule has 0 unspecified atom stereocenters. The van der Waals surface area contributed by atoms with Gasteiger partial charge in [-0.15, -0.1) is 0 Å². The molecule has 0 amide bonds. The van der Waals surface area contributed by atoms with E-state index >= 15 is 0 Å². The standard InChI is InChI=1S/C21H23NO4S/c1-15-5-8-17(9-6-15)27(25,26)22-14-21(11-3-2-4-12-21)18-13-16(20(23)24)7-10-19(18)22/h5-10,13H,2-4,11-12,14H2,1H3,(H,23,24). The maximum atomic E-state index is 13.4. The zero-order valence-corrected chi connectivity index (χ0v) is 16.1. The molecule has 1 saturated carbocycles. The first kappa shape index (κ1) is 18.0. The highest BCUT2D eigenvalue weighted by molar-refractivity contribution is 7.92. The number of aryl methyl sites for hydroxylation is 1. The van der Waals surface area contributed by atoms with E-state index in [9.17, 15) is 18.3 Å². The topological polar surface area (TPSA) is 74.7 Å². The molecule has 2 aromatic rings. The molecule has 0 radical (unpaired) electrons. The maximum absolute atomic E-state index is 13.4. The monoisotopic (exact) mass is 385 g/mol. The van der Waals surface area contributed by atoms with Gasteiger partial charge in [-0.2, -0.15) is 0 Å². The average molecular weight is 385 g/mol. The number of fused-ring (bicyclic) bond motifs is 2. The zero-order chi connectivity index (χ0) is 19.2. The Hall–Kier alpha value is -2.34. The molecule has 5 nitrogen and oxygen atoms in total. The fourth-order valence-corrected chi connectivity index (χ4v) is 6.03. The fraction of sp³-hybridized carbons (Fsp3) is 0.381. The lowest BCUT2D eigenvalue weighted by Crippen LogP contribution is -2.38. The molecule has 4 rings (SSSR count). The van der Waals surface area contributed by atoms with Gasteiger partial charge in [0.05, 0.1) is 16.1 Å². The van der Waals surface area contributed by atoms with Gasteiger partial charge in [0, 0.05) is 12.0 Å². The molecule has 142 valence electrons. The van der Waals surface area contributed by atoms with Gasteiger partial charge in [0.2, 0.25) is 0 Å². The highest BCUT2D eigenvalue weighted by atomic mass is 32.2. The molecule has 0 saturated heterocycles. The molecule has 0 atom stereocenters. The molecule has 6 heteroatoms. The zero-order valence-electron chi connectivity index (χ0n) is 15.3. The molecule has 0 aromatic heterocycles. The van der Waals surface area contributed by atoms with Crippen molar-refractivity contribution in [2.24, 2.45) is 0 Å². The minimum atomic E-state index is -3.69. The Morgan fingerprint density at radius 3 is 2.33 bits per heavy atom. The summed E-state index contributed by atoms with van der Waals surface area (Å²) in [7, 11) is -3.69. The van der Waals surface area contributed by atoms with Crippen molar-refractivity contribution in [2.75, 3.05) is 10.8 Å². The van der Waals surface area contributed by atoms with E-state index in [0.717, 1.165) is 43.2 Å². The van der Waals surface area contributed by atoms with Crippen molar-refractivity contribution in [2.45, 2.75) is 49.3 Å². The first-order chi connectivity index (χ1) is 12.8. The molecule has 27 heavy (non-hydrogen) atoms. The van der Waals surface area contributed by atoms with E-state index in [1.807, 2.05) is 6.92 Å². The van der Waals surface area contributed by atoms with Crippen molar-refractivity contribution >= 4 is 21.7 Å². The van der Waals surface area contributed by atoms with Crippen LogP contribution in [0.25, 0.3) is 0 Å². The third kappa shape index (κ3) is 2.92. The minimum absolute atomic E-state index is 0.216. The number of aromatic carboxylic acids is 1. The van der Waals surface area contributed by atoms with E-state index < -0.39 is 16.0 Å².